The minimum absolute atomic E-state index is 0.0634. The molecule has 3 aliphatic rings. The molecule has 2 aromatic rings. The predicted molar refractivity (Wildman–Crippen MR) is 105 cm³/mol. The number of thiophene rings is 1. The van der Waals surface area contributed by atoms with Crippen LogP contribution in [-0.4, -0.2) is 29.9 Å². The Morgan fingerprint density at radius 2 is 2.00 bits per heavy atom. The first-order valence-corrected chi connectivity index (χ1v) is 10.9. The molecule has 1 aromatic carbocycles. The lowest BCUT2D eigenvalue weighted by molar-refractivity contribution is -0.134. The molecule has 0 radical (unpaired) electrons. The number of carbonyl (C=O) groups is 1. The molecule has 5 heteroatoms. The molecule has 2 heterocycles. The van der Waals surface area contributed by atoms with Crippen LogP contribution < -0.4 is 5.32 Å². The molecular formula is C22H25FN2OS. The van der Waals surface area contributed by atoms with Gasteiger partial charge < -0.3 is 10.2 Å². The van der Waals surface area contributed by atoms with Crippen molar-refractivity contribution in [1.82, 2.24) is 10.2 Å². The van der Waals surface area contributed by atoms with E-state index in [0.717, 1.165) is 38.0 Å². The Kier molecular flexibility index (Phi) is 4.32. The number of halogens is 1. The number of benzene rings is 1. The number of piperidine rings is 1. The number of carbonyl (C=O) groups excluding carboxylic acids is 1. The molecule has 1 aromatic heterocycles. The first-order chi connectivity index (χ1) is 13.2. The third-order valence-electron chi connectivity index (χ3n) is 6.74. The zero-order valence-electron chi connectivity index (χ0n) is 15.4. The van der Waals surface area contributed by atoms with Gasteiger partial charge in [0.1, 0.15) is 5.82 Å². The van der Waals surface area contributed by atoms with E-state index in [2.05, 4.69) is 27.0 Å². The summed E-state index contributed by atoms with van der Waals surface area (Å²) in [6.45, 7) is 2.87. The summed E-state index contributed by atoms with van der Waals surface area (Å²) in [6.07, 6.45) is 4.40. The van der Waals surface area contributed by atoms with Crippen LogP contribution in [0.25, 0.3) is 0 Å². The molecule has 1 amide bonds. The predicted octanol–water partition coefficient (Wildman–Crippen LogP) is 4.16. The van der Waals surface area contributed by atoms with Crippen molar-refractivity contribution in [2.75, 3.05) is 13.1 Å². The monoisotopic (exact) mass is 384 g/mol. The molecular weight excluding hydrogens is 359 g/mol. The van der Waals surface area contributed by atoms with Crippen molar-refractivity contribution in [1.29, 1.82) is 0 Å². The Labute approximate surface area is 163 Å². The van der Waals surface area contributed by atoms with E-state index in [1.165, 1.54) is 30.5 Å². The van der Waals surface area contributed by atoms with E-state index in [0.29, 0.717) is 17.4 Å². The van der Waals surface area contributed by atoms with Gasteiger partial charge in [-0.05, 0) is 90.2 Å². The first-order valence-electron chi connectivity index (χ1n) is 9.94. The lowest BCUT2D eigenvalue weighted by atomic mass is 9.93. The van der Waals surface area contributed by atoms with Crippen molar-refractivity contribution >= 4 is 17.2 Å². The minimum atomic E-state index is -0.216. The summed E-state index contributed by atoms with van der Waals surface area (Å²) in [7, 11) is 0. The van der Waals surface area contributed by atoms with Gasteiger partial charge in [-0.2, -0.15) is 11.3 Å². The van der Waals surface area contributed by atoms with Gasteiger partial charge in [-0.3, -0.25) is 4.79 Å². The smallest absolute Gasteiger partial charge is 0.226 e. The molecule has 2 aliphatic carbocycles. The molecule has 3 unspecified atom stereocenters. The van der Waals surface area contributed by atoms with Gasteiger partial charge in [0.15, 0.2) is 0 Å². The molecule has 1 N–H and O–H groups in total. The van der Waals surface area contributed by atoms with E-state index in [4.69, 9.17) is 0 Å². The average Bonchev–Trinajstić information content (AvgIpc) is 3.56. The summed E-state index contributed by atoms with van der Waals surface area (Å²) in [5.74, 6) is 0.405. The minimum Gasteiger partial charge on any atom is -0.335 e. The third-order valence-corrected chi connectivity index (χ3v) is 7.48. The van der Waals surface area contributed by atoms with Crippen molar-refractivity contribution in [3.8, 4) is 0 Å². The Morgan fingerprint density at radius 3 is 2.70 bits per heavy atom. The van der Waals surface area contributed by atoms with Crippen LogP contribution in [0.4, 0.5) is 4.39 Å². The molecule has 0 bridgehead atoms. The summed E-state index contributed by atoms with van der Waals surface area (Å²) in [5, 5.41) is 7.69. The standard InChI is InChI=1S/C22H25FN2OS/c23-17-3-1-16(2-4-17)18-11-19(18)21(26)25(13-15-5-10-27-14-15)20-12-22(20)6-8-24-9-7-22/h1-5,10,14,18-20,24H,6-9,11-13H2. The van der Waals surface area contributed by atoms with Crippen LogP contribution in [0.3, 0.4) is 0 Å². The Balaban J connectivity index is 1.33. The highest BCUT2D eigenvalue weighted by Crippen LogP contribution is 2.58. The van der Waals surface area contributed by atoms with Crippen LogP contribution >= 0.6 is 11.3 Å². The number of hydrogen-bond donors (Lipinski definition) is 1. The van der Waals surface area contributed by atoms with E-state index in [9.17, 15) is 9.18 Å². The van der Waals surface area contributed by atoms with Crippen LogP contribution in [0.2, 0.25) is 0 Å². The number of amides is 1. The van der Waals surface area contributed by atoms with Gasteiger partial charge in [0, 0.05) is 18.5 Å². The fourth-order valence-electron chi connectivity index (χ4n) is 4.91. The lowest BCUT2D eigenvalue weighted by Crippen LogP contribution is -2.39. The number of rotatable bonds is 5. The van der Waals surface area contributed by atoms with Crippen LogP contribution in [0.1, 0.15) is 42.7 Å². The Hall–Kier alpha value is -1.72. The third kappa shape index (κ3) is 3.32. The van der Waals surface area contributed by atoms with E-state index in [-0.39, 0.29) is 17.7 Å². The van der Waals surface area contributed by atoms with Crippen LogP contribution in [0, 0.1) is 17.2 Å². The molecule has 2 saturated carbocycles. The van der Waals surface area contributed by atoms with Gasteiger partial charge in [0.2, 0.25) is 5.91 Å². The maximum absolute atomic E-state index is 13.4. The van der Waals surface area contributed by atoms with Crippen LogP contribution in [0.5, 0.6) is 0 Å². The Morgan fingerprint density at radius 1 is 1.22 bits per heavy atom. The Bertz CT molecular complexity index is 813. The van der Waals surface area contributed by atoms with Crippen molar-refractivity contribution in [2.24, 2.45) is 11.3 Å². The largest absolute Gasteiger partial charge is 0.335 e. The maximum Gasteiger partial charge on any atom is 0.226 e. The second kappa shape index (κ2) is 6.71. The van der Waals surface area contributed by atoms with Gasteiger partial charge >= 0.3 is 0 Å². The molecule has 3 fully saturated rings. The number of hydrogen-bond acceptors (Lipinski definition) is 3. The summed E-state index contributed by atoms with van der Waals surface area (Å²) >= 11 is 1.69. The van der Waals surface area contributed by atoms with Crippen molar-refractivity contribution < 1.29 is 9.18 Å². The highest BCUT2D eigenvalue weighted by atomic mass is 32.1. The van der Waals surface area contributed by atoms with E-state index >= 15 is 0 Å². The second-order valence-corrected chi connectivity index (χ2v) is 9.21. The van der Waals surface area contributed by atoms with E-state index in [1.807, 2.05) is 12.1 Å². The molecule has 142 valence electrons. The molecule has 3 nitrogen and oxygen atoms in total. The first kappa shape index (κ1) is 17.4. The summed E-state index contributed by atoms with van der Waals surface area (Å²) in [5.41, 5.74) is 2.68. The molecule has 1 aliphatic heterocycles. The number of nitrogens with one attached hydrogen (secondary N) is 1. The number of nitrogens with zero attached hydrogens (tertiary/aromatic N) is 1. The summed E-state index contributed by atoms with van der Waals surface area (Å²) in [6, 6.07) is 9.20. The fraction of sp³-hybridized carbons (Fsp3) is 0.500. The second-order valence-electron chi connectivity index (χ2n) is 8.43. The van der Waals surface area contributed by atoms with Crippen molar-refractivity contribution in [2.45, 2.75) is 44.2 Å². The molecule has 5 rings (SSSR count). The normalized spacial score (nSPS) is 28.1. The van der Waals surface area contributed by atoms with E-state index < -0.39 is 0 Å². The molecule has 27 heavy (non-hydrogen) atoms. The topological polar surface area (TPSA) is 32.3 Å². The van der Waals surface area contributed by atoms with Crippen LogP contribution in [0.15, 0.2) is 41.1 Å². The highest BCUT2D eigenvalue weighted by Gasteiger charge is 2.59. The highest BCUT2D eigenvalue weighted by molar-refractivity contribution is 7.07. The molecule has 1 saturated heterocycles. The van der Waals surface area contributed by atoms with Gasteiger partial charge in [0.05, 0.1) is 0 Å². The van der Waals surface area contributed by atoms with Gasteiger partial charge in [0.25, 0.3) is 0 Å². The van der Waals surface area contributed by atoms with Gasteiger partial charge in [-0.15, -0.1) is 0 Å². The summed E-state index contributed by atoms with van der Waals surface area (Å²) < 4.78 is 13.2. The van der Waals surface area contributed by atoms with Crippen molar-refractivity contribution in [3.63, 3.8) is 0 Å². The quantitative estimate of drug-likeness (QED) is 0.839. The van der Waals surface area contributed by atoms with Gasteiger partial charge in [-0.1, -0.05) is 12.1 Å². The zero-order valence-corrected chi connectivity index (χ0v) is 16.2. The lowest BCUT2D eigenvalue weighted by Gasteiger charge is -2.30. The molecule has 1 spiro atoms. The average molecular weight is 385 g/mol. The van der Waals surface area contributed by atoms with Crippen LogP contribution in [-0.2, 0) is 11.3 Å². The van der Waals surface area contributed by atoms with E-state index in [1.54, 1.807) is 11.3 Å². The fourth-order valence-corrected chi connectivity index (χ4v) is 5.57. The van der Waals surface area contributed by atoms with Gasteiger partial charge in [-0.25, -0.2) is 4.39 Å². The maximum atomic E-state index is 13.4. The SMILES string of the molecule is O=C(C1CC1c1ccc(F)cc1)N(Cc1ccsc1)C1CC12CCNCC2. The molecule has 3 atom stereocenters. The van der Waals surface area contributed by atoms with Crippen molar-refractivity contribution in [3.05, 3.63) is 58.0 Å². The summed E-state index contributed by atoms with van der Waals surface area (Å²) in [4.78, 5) is 15.6. The zero-order chi connectivity index (χ0) is 18.4.